The van der Waals surface area contributed by atoms with Crippen LogP contribution < -0.4 is 19.5 Å². The second kappa shape index (κ2) is 8.81. The fourth-order valence-corrected chi connectivity index (χ4v) is 3.75. The van der Waals surface area contributed by atoms with Gasteiger partial charge in [-0.1, -0.05) is 54.6 Å². The smallest absolute Gasteiger partial charge is 0.231 e. The van der Waals surface area contributed by atoms with E-state index < -0.39 is 0 Å². The normalized spacial score (nSPS) is 13.3. The first-order valence-corrected chi connectivity index (χ1v) is 9.73. The first kappa shape index (κ1) is 18.4. The molecule has 1 atom stereocenters. The molecule has 1 aliphatic heterocycles. The summed E-state index contributed by atoms with van der Waals surface area (Å²) in [5, 5.41) is 2.37. The number of benzene rings is 3. The van der Waals surface area contributed by atoms with Crippen LogP contribution in [0, 0.1) is 0 Å². The molecule has 144 valence electrons. The Balaban J connectivity index is 1.53. The topological polar surface area (TPSA) is 44.3 Å². The molecule has 28 heavy (non-hydrogen) atoms. The summed E-state index contributed by atoms with van der Waals surface area (Å²) in [6, 6.07) is 25.1. The third kappa shape index (κ3) is 4.12. The lowest BCUT2D eigenvalue weighted by molar-refractivity contribution is -0.671. The molecule has 0 fully saturated rings. The van der Waals surface area contributed by atoms with E-state index >= 15 is 0 Å². The maximum absolute atomic E-state index is 5.65. The summed E-state index contributed by atoms with van der Waals surface area (Å²) in [4.78, 5) is 0. The van der Waals surface area contributed by atoms with Crippen molar-refractivity contribution in [1.82, 2.24) is 0 Å². The molecule has 1 aliphatic rings. The van der Waals surface area contributed by atoms with E-state index in [4.69, 9.17) is 14.2 Å². The summed E-state index contributed by atoms with van der Waals surface area (Å²) in [5.41, 5.74) is 3.78. The highest BCUT2D eigenvalue weighted by Crippen LogP contribution is 2.39. The van der Waals surface area contributed by atoms with Crippen LogP contribution in [0.1, 0.15) is 29.0 Å². The number of hydrogen-bond acceptors (Lipinski definition) is 3. The number of nitrogens with two attached hydrogens (primary N) is 1. The van der Waals surface area contributed by atoms with E-state index in [9.17, 15) is 0 Å². The van der Waals surface area contributed by atoms with Crippen LogP contribution in [0.5, 0.6) is 17.2 Å². The Morgan fingerprint density at radius 1 is 0.929 bits per heavy atom. The van der Waals surface area contributed by atoms with E-state index in [1.54, 1.807) is 7.11 Å². The van der Waals surface area contributed by atoms with Crippen molar-refractivity contribution in [3.63, 3.8) is 0 Å². The van der Waals surface area contributed by atoms with Crippen LogP contribution >= 0.6 is 0 Å². The van der Waals surface area contributed by atoms with Gasteiger partial charge in [-0.25, -0.2) is 0 Å². The van der Waals surface area contributed by atoms with Crippen molar-refractivity contribution in [2.75, 3.05) is 20.4 Å². The fraction of sp³-hybridized carbons (Fsp3) is 0.250. The van der Waals surface area contributed by atoms with E-state index in [-0.39, 0.29) is 5.92 Å². The van der Waals surface area contributed by atoms with E-state index in [0.29, 0.717) is 6.79 Å². The first-order valence-electron chi connectivity index (χ1n) is 9.73. The van der Waals surface area contributed by atoms with Gasteiger partial charge in [0.05, 0.1) is 13.7 Å². The summed E-state index contributed by atoms with van der Waals surface area (Å²) < 4.78 is 16.7. The highest BCUT2D eigenvalue weighted by Gasteiger charge is 2.22. The van der Waals surface area contributed by atoms with Crippen molar-refractivity contribution in [3.05, 3.63) is 89.5 Å². The van der Waals surface area contributed by atoms with Crippen LogP contribution in [0.2, 0.25) is 0 Å². The number of ether oxygens (including phenoxy) is 3. The van der Waals surface area contributed by atoms with Crippen molar-refractivity contribution in [2.45, 2.75) is 18.9 Å². The average Bonchev–Trinajstić information content (AvgIpc) is 3.22. The lowest BCUT2D eigenvalue weighted by Gasteiger charge is -2.20. The molecule has 0 aliphatic carbocycles. The number of rotatable bonds is 8. The summed E-state index contributed by atoms with van der Waals surface area (Å²) in [7, 11) is 1.73. The second-order valence-electron chi connectivity index (χ2n) is 6.96. The van der Waals surface area contributed by atoms with Crippen LogP contribution in [0.15, 0.2) is 72.8 Å². The van der Waals surface area contributed by atoms with Gasteiger partial charge in [0.25, 0.3) is 0 Å². The van der Waals surface area contributed by atoms with Gasteiger partial charge in [0.2, 0.25) is 6.79 Å². The van der Waals surface area contributed by atoms with Gasteiger partial charge in [0, 0.05) is 23.5 Å². The van der Waals surface area contributed by atoms with E-state index in [2.05, 4.69) is 59.9 Å². The number of quaternary nitrogens is 1. The maximum Gasteiger partial charge on any atom is 0.231 e. The minimum atomic E-state index is 0.234. The van der Waals surface area contributed by atoms with Crippen LogP contribution in [-0.4, -0.2) is 20.4 Å². The quantitative estimate of drug-likeness (QED) is 0.610. The summed E-state index contributed by atoms with van der Waals surface area (Å²) in [6.07, 6.45) is 1.01. The molecule has 0 aromatic heterocycles. The molecule has 0 saturated carbocycles. The van der Waals surface area contributed by atoms with E-state index in [1.165, 1.54) is 16.7 Å². The van der Waals surface area contributed by atoms with Gasteiger partial charge >= 0.3 is 0 Å². The molecule has 2 N–H and O–H groups in total. The van der Waals surface area contributed by atoms with Crippen molar-refractivity contribution in [2.24, 2.45) is 0 Å². The van der Waals surface area contributed by atoms with Crippen molar-refractivity contribution < 1.29 is 19.5 Å². The first-order chi connectivity index (χ1) is 13.8. The monoisotopic (exact) mass is 376 g/mol. The SMILES string of the molecule is COc1ccccc1[C@@H](CC[NH2+]Cc1ccccc1)c1ccc2c(c1)OCO2. The van der Waals surface area contributed by atoms with Gasteiger partial charge in [-0.05, 0) is 23.8 Å². The highest BCUT2D eigenvalue weighted by atomic mass is 16.7. The Morgan fingerprint density at radius 3 is 2.57 bits per heavy atom. The minimum absolute atomic E-state index is 0.234. The largest absolute Gasteiger partial charge is 0.496 e. The van der Waals surface area contributed by atoms with Crippen molar-refractivity contribution in [3.8, 4) is 17.2 Å². The molecule has 4 nitrogen and oxygen atoms in total. The van der Waals surface area contributed by atoms with Crippen molar-refractivity contribution >= 4 is 0 Å². The number of methoxy groups -OCH3 is 1. The van der Waals surface area contributed by atoms with Crippen LogP contribution in [0.4, 0.5) is 0 Å². The van der Waals surface area contributed by atoms with E-state index in [0.717, 1.165) is 36.8 Å². The number of para-hydroxylation sites is 1. The molecule has 0 unspecified atom stereocenters. The molecular formula is C24H26NO3+. The third-order valence-electron chi connectivity index (χ3n) is 5.20. The summed E-state index contributed by atoms with van der Waals surface area (Å²) in [5.74, 6) is 2.80. The zero-order valence-corrected chi connectivity index (χ0v) is 16.1. The van der Waals surface area contributed by atoms with Gasteiger partial charge in [-0.3, -0.25) is 0 Å². The summed E-state index contributed by atoms with van der Waals surface area (Å²) in [6.45, 7) is 2.30. The Bertz CT molecular complexity index is 911. The molecule has 4 heteroatoms. The molecule has 0 bridgehead atoms. The molecule has 0 saturated heterocycles. The standard InChI is InChI=1S/C24H25NO3/c1-26-22-10-6-5-9-21(22)20(13-14-25-16-18-7-3-2-4-8-18)19-11-12-23-24(15-19)28-17-27-23/h2-12,15,20,25H,13-14,16-17H2,1H3/p+1/t20-/m0/s1. The molecule has 0 spiro atoms. The molecule has 1 heterocycles. The number of hydrogen-bond donors (Lipinski definition) is 1. The molecular weight excluding hydrogens is 350 g/mol. The van der Waals surface area contributed by atoms with Gasteiger partial charge in [0.15, 0.2) is 11.5 Å². The lowest BCUT2D eigenvalue weighted by Crippen LogP contribution is -2.82. The molecule has 3 aromatic carbocycles. The lowest BCUT2D eigenvalue weighted by atomic mass is 9.87. The van der Waals surface area contributed by atoms with Crippen LogP contribution in [-0.2, 0) is 6.54 Å². The van der Waals surface area contributed by atoms with Gasteiger partial charge in [-0.15, -0.1) is 0 Å². The third-order valence-corrected chi connectivity index (χ3v) is 5.20. The number of fused-ring (bicyclic) bond motifs is 1. The second-order valence-corrected chi connectivity index (χ2v) is 6.96. The van der Waals surface area contributed by atoms with Crippen LogP contribution in [0.3, 0.4) is 0 Å². The van der Waals surface area contributed by atoms with Gasteiger partial charge in [0.1, 0.15) is 12.3 Å². The summed E-state index contributed by atoms with van der Waals surface area (Å²) >= 11 is 0. The molecule has 3 aromatic rings. The Kier molecular flexibility index (Phi) is 5.78. The van der Waals surface area contributed by atoms with Crippen molar-refractivity contribution in [1.29, 1.82) is 0 Å². The van der Waals surface area contributed by atoms with E-state index in [1.807, 2.05) is 18.2 Å². The average molecular weight is 376 g/mol. The maximum atomic E-state index is 5.65. The zero-order chi connectivity index (χ0) is 19.2. The fourth-order valence-electron chi connectivity index (χ4n) is 3.75. The predicted octanol–water partition coefficient (Wildman–Crippen LogP) is 3.71. The molecule has 4 rings (SSSR count). The Morgan fingerprint density at radius 2 is 1.71 bits per heavy atom. The Labute approximate surface area is 166 Å². The zero-order valence-electron chi connectivity index (χ0n) is 16.1. The molecule has 0 amide bonds. The highest BCUT2D eigenvalue weighted by molar-refractivity contribution is 5.49. The van der Waals surface area contributed by atoms with Gasteiger partial charge < -0.3 is 19.5 Å². The van der Waals surface area contributed by atoms with Gasteiger partial charge in [-0.2, -0.15) is 0 Å². The predicted molar refractivity (Wildman–Crippen MR) is 109 cm³/mol. The Hall–Kier alpha value is -2.98. The molecule has 0 radical (unpaired) electrons. The van der Waals surface area contributed by atoms with Crippen LogP contribution in [0.25, 0.3) is 0 Å². The minimum Gasteiger partial charge on any atom is -0.496 e.